The number of methoxy groups -OCH3 is 2. The second kappa shape index (κ2) is 11.6. The Morgan fingerprint density at radius 1 is 1.13 bits per heavy atom. The van der Waals surface area contributed by atoms with Crippen molar-refractivity contribution in [3.8, 4) is 5.75 Å². The predicted octanol–water partition coefficient (Wildman–Crippen LogP) is 3.59. The predicted molar refractivity (Wildman–Crippen MR) is 123 cm³/mol. The molecule has 1 aromatic carbocycles. The van der Waals surface area contributed by atoms with E-state index < -0.39 is 0 Å². The molecule has 2 fully saturated rings. The molecule has 1 aliphatic carbocycles. The molecule has 1 heterocycles. The Kier molecular flexibility index (Phi) is 8.82. The number of hydrogen-bond donors (Lipinski definition) is 2. The third-order valence-corrected chi connectivity index (χ3v) is 6.88. The van der Waals surface area contributed by atoms with Gasteiger partial charge in [0, 0.05) is 33.9 Å². The molecule has 2 N–H and O–H groups in total. The molecule has 1 aliphatic heterocycles. The normalized spacial score (nSPS) is 20.3. The maximum Gasteiger partial charge on any atom is 0.191 e. The molecule has 6 nitrogen and oxygen atoms in total. The molecule has 6 heteroatoms. The average Bonchev–Trinajstić information content (AvgIpc) is 3.48. The maximum atomic E-state index is 5.47. The minimum Gasteiger partial charge on any atom is -0.497 e. The van der Waals surface area contributed by atoms with Crippen molar-refractivity contribution in [3.63, 3.8) is 0 Å². The van der Waals surface area contributed by atoms with Crippen LogP contribution in [-0.2, 0) is 4.74 Å². The van der Waals surface area contributed by atoms with Gasteiger partial charge in [-0.1, -0.05) is 25.0 Å². The molecule has 0 radical (unpaired) electrons. The standard InChI is InChI=1S/C24H40N4O2/c1-25-23(27-19-24(13-16-29-2)11-4-5-12-24)26-18-22(28-14-6-7-15-28)20-9-8-10-21(17-20)30-3/h8-10,17,22H,4-7,11-16,18-19H2,1-3H3,(H2,25,26,27). The van der Waals surface area contributed by atoms with Gasteiger partial charge >= 0.3 is 0 Å². The molecule has 3 rings (SSSR count). The highest BCUT2D eigenvalue weighted by Gasteiger charge is 2.33. The summed E-state index contributed by atoms with van der Waals surface area (Å²) < 4.78 is 10.8. The van der Waals surface area contributed by atoms with E-state index in [9.17, 15) is 0 Å². The van der Waals surface area contributed by atoms with Crippen LogP contribution in [0.4, 0.5) is 0 Å². The van der Waals surface area contributed by atoms with Crippen LogP contribution in [0.1, 0.15) is 56.6 Å². The van der Waals surface area contributed by atoms with E-state index >= 15 is 0 Å². The van der Waals surface area contributed by atoms with Gasteiger partial charge in [-0.05, 0) is 68.3 Å². The monoisotopic (exact) mass is 416 g/mol. The van der Waals surface area contributed by atoms with Gasteiger partial charge < -0.3 is 20.1 Å². The van der Waals surface area contributed by atoms with Crippen LogP contribution >= 0.6 is 0 Å². The van der Waals surface area contributed by atoms with E-state index in [0.29, 0.717) is 11.5 Å². The van der Waals surface area contributed by atoms with E-state index in [4.69, 9.17) is 9.47 Å². The SMILES string of the molecule is CN=C(NCC(c1cccc(OC)c1)N1CCCC1)NCC1(CCOC)CCCC1. The molecule has 30 heavy (non-hydrogen) atoms. The van der Waals surface area contributed by atoms with Crippen molar-refractivity contribution in [2.75, 3.05) is 54.1 Å². The summed E-state index contributed by atoms with van der Waals surface area (Å²) in [4.78, 5) is 7.08. The number of benzene rings is 1. The van der Waals surface area contributed by atoms with Crippen molar-refractivity contribution >= 4 is 5.96 Å². The molecule has 1 atom stereocenters. The lowest BCUT2D eigenvalue weighted by Crippen LogP contribution is -2.46. The van der Waals surface area contributed by atoms with Crippen molar-refractivity contribution in [2.24, 2.45) is 10.4 Å². The van der Waals surface area contributed by atoms with Crippen LogP contribution in [0.5, 0.6) is 5.75 Å². The maximum absolute atomic E-state index is 5.47. The van der Waals surface area contributed by atoms with Crippen LogP contribution in [0.15, 0.2) is 29.3 Å². The van der Waals surface area contributed by atoms with Crippen molar-refractivity contribution in [2.45, 2.75) is 51.0 Å². The molecular weight excluding hydrogens is 376 g/mol. The first-order chi connectivity index (χ1) is 14.7. The summed E-state index contributed by atoms with van der Waals surface area (Å²) >= 11 is 0. The Balaban J connectivity index is 1.61. The summed E-state index contributed by atoms with van der Waals surface area (Å²) in [5, 5.41) is 7.23. The Bertz CT molecular complexity index is 667. The Labute approximate surface area is 182 Å². The van der Waals surface area contributed by atoms with Gasteiger partial charge in [0.15, 0.2) is 5.96 Å². The third kappa shape index (κ3) is 6.11. The van der Waals surface area contributed by atoms with Crippen LogP contribution in [0.2, 0.25) is 0 Å². The molecule has 1 saturated heterocycles. The van der Waals surface area contributed by atoms with Gasteiger partial charge in [-0.25, -0.2) is 0 Å². The van der Waals surface area contributed by atoms with Crippen molar-refractivity contribution in [3.05, 3.63) is 29.8 Å². The van der Waals surface area contributed by atoms with Gasteiger partial charge in [0.1, 0.15) is 5.75 Å². The summed E-state index contributed by atoms with van der Waals surface area (Å²) in [7, 11) is 5.40. The first-order valence-corrected chi connectivity index (χ1v) is 11.5. The molecule has 168 valence electrons. The number of guanidine groups is 1. The number of rotatable bonds is 10. The minimum absolute atomic E-state index is 0.315. The first kappa shape index (κ1) is 22.9. The highest BCUT2D eigenvalue weighted by atomic mass is 16.5. The quantitative estimate of drug-likeness (QED) is 0.451. The Morgan fingerprint density at radius 2 is 1.90 bits per heavy atom. The smallest absolute Gasteiger partial charge is 0.191 e. The van der Waals surface area contributed by atoms with E-state index in [1.807, 2.05) is 13.1 Å². The van der Waals surface area contributed by atoms with E-state index in [2.05, 4.69) is 38.7 Å². The van der Waals surface area contributed by atoms with Crippen molar-refractivity contribution in [1.82, 2.24) is 15.5 Å². The Morgan fingerprint density at radius 3 is 2.57 bits per heavy atom. The largest absolute Gasteiger partial charge is 0.497 e. The van der Waals surface area contributed by atoms with Crippen LogP contribution in [0.3, 0.4) is 0 Å². The van der Waals surface area contributed by atoms with Gasteiger partial charge in [-0.3, -0.25) is 9.89 Å². The van der Waals surface area contributed by atoms with Crippen LogP contribution < -0.4 is 15.4 Å². The van der Waals surface area contributed by atoms with E-state index in [1.54, 1.807) is 14.2 Å². The van der Waals surface area contributed by atoms with Crippen LogP contribution in [-0.4, -0.2) is 64.9 Å². The van der Waals surface area contributed by atoms with Crippen LogP contribution in [0.25, 0.3) is 0 Å². The van der Waals surface area contributed by atoms with Gasteiger partial charge in [-0.2, -0.15) is 0 Å². The van der Waals surface area contributed by atoms with Crippen LogP contribution in [0, 0.1) is 5.41 Å². The molecule has 0 spiro atoms. The fourth-order valence-electron chi connectivity index (χ4n) is 5.00. The highest BCUT2D eigenvalue weighted by molar-refractivity contribution is 5.79. The van der Waals surface area contributed by atoms with E-state index in [1.165, 1.54) is 44.1 Å². The summed E-state index contributed by atoms with van der Waals surface area (Å²) in [6.45, 7) is 4.92. The second-order valence-corrected chi connectivity index (χ2v) is 8.79. The van der Waals surface area contributed by atoms with Crippen molar-refractivity contribution < 1.29 is 9.47 Å². The zero-order valence-corrected chi connectivity index (χ0v) is 19.1. The number of hydrogen-bond acceptors (Lipinski definition) is 4. The zero-order chi connectivity index (χ0) is 21.2. The summed E-state index contributed by atoms with van der Waals surface area (Å²) in [5.41, 5.74) is 1.64. The molecule has 1 aromatic rings. The molecule has 0 aromatic heterocycles. The fourth-order valence-corrected chi connectivity index (χ4v) is 5.00. The van der Waals surface area contributed by atoms with Crippen molar-refractivity contribution in [1.29, 1.82) is 0 Å². The highest BCUT2D eigenvalue weighted by Crippen LogP contribution is 2.40. The molecule has 0 bridgehead atoms. The number of ether oxygens (including phenoxy) is 2. The molecule has 0 amide bonds. The van der Waals surface area contributed by atoms with Gasteiger partial charge in [0.05, 0.1) is 13.2 Å². The van der Waals surface area contributed by atoms with Gasteiger partial charge in [0.2, 0.25) is 0 Å². The third-order valence-electron chi connectivity index (χ3n) is 6.88. The fraction of sp³-hybridized carbons (Fsp3) is 0.708. The summed E-state index contributed by atoms with van der Waals surface area (Å²) in [6.07, 6.45) is 8.87. The van der Waals surface area contributed by atoms with Gasteiger partial charge in [-0.15, -0.1) is 0 Å². The van der Waals surface area contributed by atoms with E-state index in [0.717, 1.165) is 50.9 Å². The lowest BCUT2D eigenvalue weighted by molar-refractivity contribution is 0.138. The number of likely N-dealkylation sites (tertiary alicyclic amines) is 1. The van der Waals surface area contributed by atoms with E-state index in [-0.39, 0.29) is 0 Å². The Hall–Kier alpha value is -1.79. The lowest BCUT2D eigenvalue weighted by atomic mass is 9.83. The minimum atomic E-state index is 0.315. The molecular formula is C24H40N4O2. The second-order valence-electron chi connectivity index (χ2n) is 8.79. The number of nitrogens with zero attached hydrogens (tertiary/aromatic N) is 2. The van der Waals surface area contributed by atoms with Gasteiger partial charge in [0.25, 0.3) is 0 Å². The number of nitrogens with one attached hydrogen (secondary N) is 2. The summed E-state index contributed by atoms with van der Waals surface area (Å²) in [5.74, 6) is 1.81. The average molecular weight is 417 g/mol. The molecule has 2 aliphatic rings. The topological polar surface area (TPSA) is 58.1 Å². The lowest BCUT2D eigenvalue weighted by Gasteiger charge is -2.31. The summed E-state index contributed by atoms with van der Waals surface area (Å²) in [6, 6.07) is 8.79. The molecule has 1 saturated carbocycles. The number of aliphatic imine (C=N–C) groups is 1. The first-order valence-electron chi connectivity index (χ1n) is 11.5. The molecule has 1 unspecified atom stereocenters. The zero-order valence-electron chi connectivity index (χ0n) is 19.1.